The zero-order chi connectivity index (χ0) is 23.9. The topological polar surface area (TPSA) is 97.3 Å². The number of halogens is 4. The van der Waals surface area contributed by atoms with Crippen LogP contribution in [0, 0.1) is 27.6 Å². The van der Waals surface area contributed by atoms with E-state index in [1.54, 1.807) is 6.92 Å². The van der Waals surface area contributed by atoms with Crippen molar-refractivity contribution in [2.24, 2.45) is 0 Å². The Morgan fingerprint density at radius 2 is 2.03 bits per heavy atom. The molecule has 1 N–H and O–H groups in total. The van der Waals surface area contributed by atoms with Gasteiger partial charge >= 0.3 is 11.1 Å². The maximum Gasteiger partial charge on any atom is 0.383 e. The number of nitrogens with zero attached hydrogens (tertiary/aromatic N) is 5. The number of thiazole rings is 1. The molecule has 3 heterocycles. The van der Waals surface area contributed by atoms with Gasteiger partial charge in [-0.25, -0.2) is 18.2 Å². The van der Waals surface area contributed by atoms with Crippen molar-refractivity contribution in [3.05, 3.63) is 61.8 Å². The Hall–Kier alpha value is -2.19. The number of benzene rings is 1. The van der Waals surface area contributed by atoms with E-state index in [1.807, 2.05) is 4.90 Å². The lowest BCUT2D eigenvalue weighted by atomic mass is 10.1. The maximum atomic E-state index is 13.6. The molecule has 8 nitrogen and oxygen atoms in total. The first-order valence-electron chi connectivity index (χ1n) is 9.61. The summed E-state index contributed by atoms with van der Waals surface area (Å²) in [5.41, 5.74) is 0.979. The van der Waals surface area contributed by atoms with Crippen molar-refractivity contribution in [1.82, 2.24) is 19.4 Å². The number of fused-ring (bicyclic) bond motifs is 1. The van der Waals surface area contributed by atoms with Crippen LogP contribution in [0.2, 0.25) is 5.28 Å². The van der Waals surface area contributed by atoms with Gasteiger partial charge in [-0.1, -0.05) is 0 Å². The minimum Gasteiger partial charge on any atom is -0.378 e. The van der Waals surface area contributed by atoms with Gasteiger partial charge in [-0.05, 0) is 40.6 Å². The monoisotopic (exact) mass is 519 g/mol. The van der Waals surface area contributed by atoms with Crippen molar-refractivity contribution >= 4 is 40.5 Å². The number of imidazole rings is 1. The molecule has 176 valence electrons. The molecule has 4 rings (SSSR count). The molecule has 33 heavy (non-hydrogen) atoms. The summed E-state index contributed by atoms with van der Waals surface area (Å²) in [7, 11) is 0. The quantitative estimate of drug-likeness (QED) is 0.213. The number of thioether (sulfide) groups is 1. The van der Waals surface area contributed by atoms with Crippen LogP contribution in [-0.2, 0) is 18.8 Å². The fourth-order valence-electron chi connectivity index (χ4n) is 3.41. The van der Waals surface area contributed by atoms with Crippen molar-refractivity contribution in [3.8, 4) is 10.6 Å². The van der Waals surface area contributed by atoms with Gasteiger partial charge in [0.25, 0.3) is 0 Å². The third-order valence-electron chi connectivity index (χ3n) is 4.97. The second kappa shape index (κ2) is 9.22. The van der Waals surface area contributed by atoms with E-state index in [1.165, 1.54) is 22.1 Å². The molecule has 0 spiro atoms. The summed E-state index contributed by atoms with van der Waals surface area (Å²) in [5.74, 6) is -4.26. The number of hydrogen-bond acceptors (Lipinski definition) is 8. The molecule has 0 saturated heterocycles. The Bertz CT molecular complexity index is 1200. The van der Waals surface area contributed by atoms with Crippen LogP contribution < -0.4 is 0 Å². The molecule has 1 aliphatic heterocycles. The first-order valence-corrected chi connectivity index (χ1v) is 11.8. The smallest absolute Gasteiger partial charge is 0.378 e. The molecule has 0 saturated carbocycles. The van der Waals surface area contributed by atoms with E-state index < -0.39 is 27.3 Å². The maximum absolute atomic E-state index is 13.6. The Labute approximate surface area is 199 Å². The number of nitro groups is 1. The number of β-amino-alcohol motifs (C(OH)–C–C–N with tert-alkyl or cyclic N) is 1. The molecular formula is C19H17ClF3N5O3S2. The van der Waals surface area contributed by atoms with E-state index in [-0.39, 0.29) is 22.5 Å². The Morgan fingerprint density at radius 1 is 1.33 bits per heavy atom. The van der Waals surface area contributed by atoms with Crippen LogP contribution in [0.5, 0.6) is 0 Å². The van der Waals surface area contributed by atoms with Gasteiger partial charge in [-0.3, -0.25) is 9.47 Å². The number of hydrogen-bond donors (Lipinski definition) is 1. The van der Waals surface area contributed by atoms with E-state index in [9.17, 15) is 28.4 Å². The third-order valence-corrected chi connectivity index (χ3v) is 7.57. The Morgan fingerprint density at radius 3 is 2.67 bits per heavy atom. The molecule has 1 aliphatic rings. The lowest BCUT2D eigenvalue weighted by molar-refractivity contribution is -0.389. The molecule has 0 unspecified atom stereocenters. The van der Waals surface area contributed by atoms with Crippen molar-refractivity contribution in [2.75, 3.05) is 13.1 Å². The number of aromatic nitrogens is 3. The van der Waals surface area contributed by atoms with Crippen LogP contribution in [0.3, 0.4) is 0 Å². The average molecular weight is 520 g/mol. The van der Waals surface area contributed by atoms with Crippen LogP contribution in [0.15, 0.2) is 18.3 Å². The van der Waals surface area contributed by atoms with Crippen molar-refractivity contribution in [2.45, 2.75) is 30.7 Å². The molecule has 0 amide bonds. The summed E-state index contributed by atoms with van der Waals surface area (Å²) in [6.07, 6.45) is 1.79. The zero-order valence-corrected chi connectivity index (χ0v) is 19.5. The van der Waals surface area contributed by atoms with E-state index in [0.29, 0.717) is 31.1 Å². The van der Waals surface area contributed by atoms with Gasteiger partial charge in [0.15, 0.2) is 17.5 Å². The summed E-state index contributed by atoms with van der Waals surface area (Å²) in [6.45, 7) is 3.01. The van der Waals surface area contributed by atoms with Crippen molar-refractivity contribution in [3.63, 3.8) is 0 Å². The summed E-state index contributed by atoms with van der Waals surface area (Å²) >= 11 is 8.34. The van der Waals surface area contributed by atoms with Crippen LogP contribution in [0.4, 0.5) is 19.0 Å². The summed E-state index contributed by atoms with van der Waals surface area (Å²) in [5, 5.41) is 22.0. The van der Waals surface area contributed by atoms with E-state index in [4.69, 9.17) is 11.6 Å². The van der Waals surface area contributed by atoms with E-state index in [2.05, 4.69) is 9.97 Å². The molecule has 1 atom stereocenters. The Balaban J connectivity index is 1.41. The van der Waals surface area contributed by atoms with Gasteiger partial charge in [0.1, 0.15) is 16.1 Å². The standard InChI is InChI=1S/C19H17ClF3N5O3S2/c1-19(29,32-9-27-7-15(28(30)31)25-18(27)20)8-26-3-2-13-14(6-26)33-17(24-13)10-4-11(21)16(23)12(22)5-10/h4-5,7,29H,2-3,6,8-9H2,1H3/t19-/m1/s1. The molecule has 3 aromatic rings. The molecule has 2 aromatic heterocycles. The highest BCUT2D eigenvalue weighted by Crippen LogP contribution is 2.34. The minimum absolute atomic E-state index is 0.0431. The normalized spacial score (nSPS) is 15.9. The van der Waals surface area contributed by atoms with Gasteiger partial charge < -0.3 is 15.2 Å². The van der Waals surface area contributed by atoms with Gasteiger partial charge in [-0.15, -0.1) is 23.1 Å². The highest BCUT2D eigenvalue weighted by atomic mass is 35.5. The van der Waals surface area contributed by atoms with Gasteiger partial charge in [0.05, 0.1) is 11.6 Å². The minimum atomic E-state index is -1.52. The molecule has 0 fully saturated rings. The fourth-order valence-corrected chi connectivity index (χ4v) is 5.71. The van der Waals surface area contributed by atoms with Crippen molar-refractivity contribution in [1.29, 1.82) is 0 Å². The van der Waals surface area contributed by atoms with E-state index in [0.717, 1.165) is 34.5 Å². The van der Waals surface area contributed by atoms with Crippen molar-refractivity contribution < 1.29 is 23.2 Å². The first-order chi connectivity index (χ1) is 15.5. The summed E-state index contributed by atoms with van der Waals surface area (Å²) in [4.78, 5) is 20.0. The second-order valence-electron chi connectivity index (χ2n) is 7.65. The lowest BCUT2D eigenvalue weighted by Crippen LogP contribution is -2.41. The first kappa shape index (κ1) is 24.0. The highest BCUT2D eigenvalue weighted by molar-refractivity contribution is 7.99. The van der Waals surface area contributed by atoms with Gasteiger partial charge in [0.2, 0.25) is 0 Å². The third kappa shape index (κ3) is 5.32. The molecule has 1 aromatic carbocycles. The van der Waals surface area contributed by atoms with Gasteiger partial charge in [0, 0.05) is 36.5 Å². The zero-order valence-electron chi connectivity index (χ0n) is 17.1. The molecular weight excluding hydrogens is 503 g/mol. The average Bonchev–Trinajstić information content (AvgIpc) is 3.33. The fraction of sp³-hybridized carbons (Fsp3) is 0.368. The SMILES string of the molecule is C[C@](O)(CN1CCc2nc(-c3cc(F)c(F)c(F)c3)sc2C1)SCn1cc([N+](=O)[O-])nc1Cl. The number of aliphatic hydroxyl groups is 1. The molecule has 0 radical (unpaired) electrons. The van der Waals surface area contributed by atoms with Crippen LogP contribution in [0.1, 0.15) is 17.5 Å². The van der Waals surface area contributed by atoms with Gasteiger partial charge in [-0.2, -0.15) is 0 Å². The summed E-state index contributed by atoms with van der Waals surface area (Å²) in [6, 6.07) is 1.85. The van der Waals surface area contributed by atoms with Crippen LogP contribution in [0.25, 0.3) is 10.6 Å². The lowest BCUT2D eigenvalue weighted by Gasteiger charge is -2.33. The molecule has 0 aliphatic carbocycles. The predicted molar refractivity (Wildman–Crippen MR) is 119 cm³/mol. The number of rotatable bonds is 7. The summed E-state index contributed by atoms with van der Waals surface area (Å²) < 4.78 is 41.8. The largest absolute Gasteiger partial charge is 0.383 e. The van der Waals surface area contributed by atoms with Crippen LogP contribution in [-0.4, -0.2) is 47.5 Å². The highest BCUT2D eigenvalue weighted by Gasteiger charge is 2.30. The Kier molecular flexibility index (Phi) is 6.69. The predicted octanol–water partition coefficient (Wildman–Crippen LogP) is 4.44. The molecule has 0 bridgehead atoms. The second-order valence-corrected chi connectivity index (χ2v) is 10.5. The van der Waals surface area contributed by atoms with Crippen LogP contribution >= 0.6 is 34.7 Å². The molecule has 14 heteroatoms. The van der Waals surface area contributed by atoms with E-state index >= 15 is 0 Å².